The van der Waals surface area contributed by atoms with Gasteiger partial charge >= 0.3 is 5.97 Å². The number of carbonyl (C=O) groups excluding carboxylic acids is 2. The minimum atomic E-state index is -0.465. The zero-order valence-electron chi connectivity index (χ0n) is 18.1. The summed E-state index contributed by atoms with van der Waals surface area (Å²) in [7, 11) is 2.97. The van der Waals surface area contributed by atoms with Crippen LogP contribution in [0.1, 0.15) is 15.9 Å². The van der Waals surface area contributed by atoms with Gasteiger partial charge in [0.1, 0.15) is 5.69 Å². The third kappa shape index (κ3) is 4.80. The van der Waals surface area contributed by atoms with Crippen molar-refractivity contribution in [1.29, 1.82) is 0 Å². The summed E-state index contributed by atoms with van der Waals surface area (Å²) in [4.78, 5) is 30.8. The van der Waals surface area contributed by atoms with E-state index in [1.807, 2.05) is 6.92 Å². The molecule has 0 aliphatic rings. The zero-order chi connectivity index (χ0) is 23.4. The van der Waals surface area contributed by atoms with E-state index >= 15 is 0 Å². The molecule has 0 bridgehead atoms. The number of aryl methyl sites for hydroxylation is 1. The molecule has 0 N–H and O–H groups in total. The van der Waals surface area contributed by atoms with Gasteiger partial charge in [0, 0.05) is 12.7 Å². The summed E-state index contributed by atoms with van der Waals surface area (Å²) in [5.74, 6) is 0.431. The fraction of sp³-hybridized carbons (Fsp3) is 0.174. The number of hydrogen-bond acceptors (Lipinski definition) is 9. The van der Waals surface area contributed by atoms with E-state index in [9.17, 15) is 9.59 Å². The maximum Gasteiger partial charge on any atom is 0.337 e. The van der Waals surface area contributed by atoms with Gasteiger partial charge in [0.2, 0.25) is 11.1 Å². The third-order valence-electron chi connectivity index (χ3n) is 4.87. The average Bonchev–Trinajstić information content (AvgIpc) is 3.56. The number of anilines is 1. The molecule has 3 aromatic heterocycles. The number of benzene rings is 1. The molecule has 1 amide bonds. The number of aromatic nitrogens is 3. The summed E-state index contributed by atoms with van der Waals surface area (Å²) < 4.78 is 15.7. The highest BCUT2D eigenvalue weighted by Gasteiger charge is 2.20. The number of thioether (sulfide) groups is 1. The Balaban J connectivity index is 1.53. The summed E-state index contributed by atoms with van der Waals surface area (Å²) in [6.45, 7) is 1.86. The summed E-state index contributed by atoms with van der Waals surface area (Å²) in [6, 6.07) is 12.1. The summed E-state index contributed by atoms with van der Waals surface area (Å²) in [5.41, 5.74) is 2.75. The summed E-state index contributed by atoms with van der Waals surface area (Å²) in [6.07, 6.45) is 3.08. The van der Waals surface area contributed by atoms with Crippen LogP contribution in [-0.4, -0.2) is 47.0 Å². The van der Waals surface area contributed by atoms with Gasteiger partial charge < -0.3 is 18.5 Å². The van der Waals surface area contributed by atoms with Crippen LogP contribution in [0.25, 0.3) is 22.9 Å². The molecule has 168 valence electrons. The van der Waals surface area contributed by atoms with E-state index in [1.165, 1.54) is 18.3 Å². The van der Waals surface area contributed by atoms with Crippen molar-refractivity contribution in [3.05, 3.63) is 66.1 Å². The molecule has 0 radical (unpaired) electrons. The van der Waals surface area contributed by atoms with Gasteiger partial charge in [0.25, 0.3) is 0 Å². The highest BCUT2D eigenvalue weighted by atomic mass is 32.2. The SMILES string of the molecule is COC(=O)c1ccc(C)c(N(C)C(=O)CSc2nnc(-c3ccco3)c(-c3ccco3)n2)c1. The lowest BCUT2D eigenvalue weighted by molar-refractivity contribution is -0.115. The van der Waals surface area contributed by atoms with Crippen LogP contribution >= 0.6 is 11.8 Å². The number of methoxy groups -OCH3 is 1. The molecule has 3 heterocycles. The second-order valence-corrected chi connectivity index (χ2v) is 7.92. The molecule has 0 saturated carbocycles. The van der Waals surface area contributed by atoms with Gasteiger partial charge in [-0.25, -0.2) is 9.78 Å². The number of nitrogens with zero attached hydrogens (tertiary/aromatic N) is 4. The van der Waals surface area contributed by atoms with Crippen molar-refractivity contribution in [2.24, 2.45) is 0 Å². The quantitative estimate of drug-likeness (QED) is 0.293. The topological polar surface area (TPSA) is 112 Å². The van der Waals surface area contributed by atoms with Crippen molar-refractivity contribution < 1.29 is 23.2 Å². The van der Waals surface area contributed by atoms with E-state index < -0.39 is 5.97 Å². The molecule has 0 spiro atoms. The van der Waals surface area contributed by atoms with Crippen molar-refractivity contribution in [3.63, 3.8) is 0 Å². The van der Waals surface area contributed by atoms with Crippen LogP contribution in [0.5, 0.6) is 0 Å². The number of ether oxygens (including phenoxy) is 1. The van der Waals surface area contributed by atoms with Gasteiger partial charge in [-0.15, -0.1) is 10.2 Å². The van der Waals surface area contributed by atoms with Gasteiger partial charge in [-0.2, -0.15) is 0 Å². The van der Waals surface area contributed by atoms with Crippen LogP contribution in [0.3, 0.4) is 0 Å². The highest BCUT2D eigenvalue weighted by Crippen LogP contribution is 2.30. The molecule has 0 saturated heterocycles. The minimum absolute atomic E-state index is 0.0672. The van der Waals surface area contributed by atoms with E-state index in [0.717, 1.165) is 17.3 Å². The van der Waals surface area contributed by atoms with Crippen molar-refractivity contribution in [2.75, 3.05) is 24.8 Å². The first-order chi connectivity index (χ1) is 16.0. The van der Waals surface area contributed by atoms with Gasteiger partial charge in [-0.05, 0) is 48.9 Å². The first-order valence-electron chi connectivity index (χ1n) is 9.88. The van der Waals surface area contributed by atoms with Crippen LogP contribution in [-0.2, 0) is 9.53 Å². The Morgan fingerprint density at radius 2 is 1.73 bits per heavy atom. The Labute approximate surface area is 193 Å². The van der Waals surface area contributed by atoms with Gasteiger partial charge in [-0.1, -0.05) is 17.8 Å². The molecule has 0 aliphatic carbocycles. The largest absolute Gasteiger partial charge is 0.465 e. The molecule has 4 rings (SSSR count). The van der Waals surface area contributed by atoms with E-state index in [2.05, 4.69) is 15.2 Å². The standard InChI is InChI=1S/C23H20N4O5S/c1-14-8-9-15(22(29)30-3)12-16(14)27(2)19(28)13-33-23-24-20(17-6-4-10-31-17)21(25-26-23)18-7-5-11-32-18/h4-12H,13H2,1-3H3. The number of amides is 1. The number of rotatable bonds is 7. The van der Waals surface area contributed by atoms with Crippen molar-refractivity contribution >= 4 is 29.3 Å². The minimum Gasteiger partial charge on any atom is -0.465 e. The monoisotopic (exact) mass is 464 g/mol. The van der Waals surface area contributed by atoms with Crippen molar-refractivity contribution in [1.82, 2.24) is 15.2 Å². The van der Waals surface area contributed by atoms with E-state index in [-0.39, 0.29) is 11.7 Å². The fourth-order valence-corrected chi connectivity index (χ4v) is 3.81. The molecule has 0 aliphatic heterocycles. The lowest BCUT2D eigenvalue weighted by atomic mass is 10.1. The van der Waals surface area contributed by atoms with E-state index in [0.29, 0.717) is 39.3 Å². The van der Waals surface area contributed by atoms with E-state index in [1.54, 1.807) is 55.8 Å². The lowest BCUT2D eigenvalue weighted by Crippen LogP contribution is -2.29. The maximum atomic E-state index is 12.9. The van der Waals surface area contributed by atoms with Crippen LogP contribution < -0.4 is 4.90 Å². The van der Waals surface area contributed by atoms with Gasteiger partial charge in [0.15, 0.2) is 17.2 Å². The molecule has 0 atom stereocenters. The van der Waals surface area contributed by atoms with E-state index in [4.69, 9.17) is 13.6 Å². The summed E-state index contributed by atoms with van der Waals surface area (Å²) >= 11 is 1.15. The highest BCUT2D eigenvalue weighted by molar-refractivity contribution is 7.99. The molecule has 10 heteroatoms. The summed E-state index contributed by atoms with van der Waals surface area (Å²) in [5, 5.41) is 8.71. The van der Waals surface area contributed by atoms with Crippen LogP contribution in [0.4, 0.5) is 5.69 Å². The molecule has 4 aromatic rings. The zero-order valence-corrected chi connectivity index (χ0v) is 19.0. The predicted octanol–water partition coefficient (Wildman–Crippen LogP) is 4.24. The molecular formula is C23H20N4O5S. The number of carbonyl (C=O) groups is 2. The van der Waals surface area contributed by atoms with Gasteiger partial charge in [0.05, 0.1) is 31.0 Å². The normalized spacial score (nSPS) is 10.8. The molecule has 1 aromatic carbocycles. The van der Waals surface area contributed by atoms with Crippen molar-refractivity contribution in [2.45, 2.75) is 12.1 Å². The van der Waals surface area contributed by atoms with Crippen LogP contribution in [0.2, 0.25) is 0 Å². The number of hydrogen-bond donors (Lipinski definition) is 0. The first kappa shape index (κ1) is 22.3. The average molecular weight is 465 g/mol. The lowest BCUT2D eigenvalue weighted by Gasteiger charge is -2.20. The molecule has 9 nitrogen and oxygen atoms in total. The first-order valence-corrected chi connectivity index (χ1v) is 10.9. The van der Waals surface area contributed by atoms with Crippen LogP contribution in [0.15, 0.2) is 69.0 Å². The Kier molecular flexibility index (Phi) is 6.55. The second kappa shape index (κ2) is 9.70. The number of furan rings is 2. The Morgan fingerprint density at radius 1 is 1.03 bits per heavy atom. The predicted molar refractivity (Wildman–Crippen MR) is 122 cm³/mol. The molecular weight excluding hydrogens is 444 g/mol. The maximum absolute atomic E-state index is 12.9. The second-order valence-electron chi connectivity index (χ2n) is 6.98. The Morgan fingerprint density at radius 3 is 2.36 bits per heavy atom. The van der Waals surface area contributed by atoms with Gasteiger partial charge in [-0.3, -0.25) is 4.79 Å². The molecule has 0 fully saturated rings. The molecule has 0 unspecified atom stereocenters. The van der Waals surface area contributed by atoms with Crippen molar-refractivity contribution in [3.8, 4) is 22.9 Å². The molecule has 33 heavy (non-hydrogen) atoms. The Hall–Kier alpha value is -3.92. The Bertz CT molecular complexity index is 1270. The smallest absolute Gasteiger partial charge is 0.337 e. The fourth-order valence-electron chi connectivity index (χ4n) is 3.11. The third-order valence-corrected chi connectivity index (χ3v) is 5.69. The number of esters is 1. The van der Waals surface area contributed by atoms with Crippen LogP contribution in [0, 0.1) is 6.92 Å².